The van der Waals surface area contributed by atoms with Gasteiger partial charge in [0.25, 0.3) is 11.1 Å². The molecule has 9 heteroatoms. The number of methoxy groups -OCH3 is 1. The van der Waals surface area contributed by atoms with Gasteiger partial charge in [-0.25, -0.2) is 4.39 Å². The highest BCUT2D eigenvalue weighted by molar-refractivity contribution is 8.18. The predicted octanol–water partition coefficient (Wildman–Crippen LogP) is 6.18. The number of hydrogen-bond acceptors (Lipinski definition) is 6. The zero-order valence-electron chi connectivity index (χ0n) is 18.7. The van der Waals surface area contributed by atoms with E-state index in [0.717, 1.165) is 22.2 Å². The van der Waals surface area contributed by atoms with Gasteiger partial charge in [-0.05, 0) is 65.4 Å². The maximum Gasteiger partial charge on any atom is 0.293 e. The molecule has 0 bridgehead atoms. The summed E-state index contributed by atoms with van der Waals surface area (Å²) in [5.74, 6) is 0.754. The third-order valence-corrected chi connectivity index (χ3v) is 6.30. The van der Waals surface area contributed by atoms with Gasteiger partial charge >= 0.3 is 0 Å². The van der Waals surface area contributed by atoms with Gasteiger partial charge in [-0.2, -0.15) is 0 Å². The normalized spacial score (nSPS) is 14.5. The fourth-order valence-corrected chi connectivity index (χ4v) is 4.34. The summed E-state index contributed by atoms with van der Waals surface area (Å²) in [6.07, 6.45) is 1.63. The summed E-state index contributed by atoms with van der Waals surface area (Å²) in [6, 6.07) is 18.2. The molecular formula is C26H21ClFNO5S. The van der Waals surface area contributed by atoms with Gasteiger partial charge in [0.15, 0.2) is 11.5 Å². The van der Waals surface area contributed by atoms with Crippen molar-refractivity contribution in [3.8, 4) is 17.2 Å². The molecule has 3 aromatic carbocycles. The second-order valence-corrected chi connectivity index (χ2v) is 8.84. The number of benzene rings is 3. The van der Waals surface area contributed by atoms with Gasteiger partial charge in [0.05, 0.1) is 23.6 Å². The van der Waals surface area contributed by atoms with E-state index in [2.05, 4.69) is 0 Å². The minimum Gasteiger partial charge on any atom is -0.493 e. The molecule has 0 radical (unpaired) electrons. The van der Waals surface area contributed by atoms with Crippen LogP contribution in [0.3, 0.4) is 0 Å². The van der Waals surface area contributed by atoms with E-state index in [1.54, 1.807) is 60.7 Å². The summed E-state index contributed by atoms with van der Waals surface area (Å²) in [5, 5.41) is 0.0933. The lowest BCUT2D eigenvalue weighted by Crippen LogP contribution is -2.32. The van der Waals surface area contributed by atoms with Crippen molar-refractivity contribution >= 4 is 40.6 Å². The highest BCUT2D eigenvalue weighted by Gasteiger charge is 2.34. The largest absolute Gasteiger partial charge is 0.493 e. The maximum atomic E-state index is 13.1. The number of carbonyl (C=O) groups is 2. The number of rotatable bonds is 9. The van der Waals surface area contributed by atoms with Gasteiger partial charge in [0, 0.05) is 0 Å². The van der Waals surface area contributed by atoms with Gasteiger partial charge < -0.3 is 14.2 Å². The summed E-state index contributed by atoms with van der Waals surface area (Å²) in [6.45, 7) is 0.473. The first-order chi connectivity index (χ1) is 16.9. The lowest BCUT2D eigenvalue weighted by atomic mass is 10.1. The lowest BCUT2D eigenvalue weighted by molar-refractivity contribution is -0.123. The summed E-state index contributed by atoms with van der Waals surface area (Å²) in [4.78, 5) is 26.6. The standard InChI is InChI=1S/C26H21ClFNO5S/c1-32-23-14-18(8-11-22(23)34-16-17-6-9-19(28)10-7-17)15-24-25(30)29(26(31)35-24)12-13-33-21-5-3-2-4-20(21)27/h2-11,14-15H,12-13,16H2,1H3/b24-15-. The van der Waals surface area contributed by atoms with E-state index in [9.17, 15) is 14.0 Å². The molecular weight excluding hydrogens is 493 g/mol. The number of nitrogens with zero attached hydrogens (tertiary/aromatic N) is 1. The first-order valence-electron chi connectivity index (χ1n) is 10.6. The van der Waals surface area contributed by atoms with Gasteiger partial charge in [-0.15, -0.1) is 0 Å². The Morgan fingerprint density at radius 2 is 1.74 bits per heavy atom. The van der Waals surface area contributed by atoms with E-state index < -0.39 is 5.91 Å². The topological polar surface area (TPSA) is 65.1 Å². The Hall–Kier alpha value is -3.49. The van der Waals surface area contributed by atoms with E-state index in [0.29, 0.717) is 32.7 Å². The van der Waals surface area contributed by atoms with Crippen molar-refractivity contribution < 1.29 is 28.2 Å². The average Bonchev–Trinajstić information content (AvgIpc) is 3.12. The summed E-state index contributed by atoms with van der Waals surface area (Å²) < 4.78 is 29.9. The Morgan fingerprint density at radius 3 is 2.49 bits per heavy atom. The van der Waals surface area contributed by atoms with Crippen molar-refractivity contribution in [3.63, 3.8) is 0 Å². The van der Waals surface area contributed by atoms with E-state index in [1.165, 1.54) is 19.2 Å². The van der Waals surface area contributed by atoms with Crippen LogP contribution < -0.4 is 14.2 Å². The molecule has 1 aliphatic heterocycles. The molecule has 0 saturated carbocycles. The summed E-state index contributed by atoms with van der Waals surface area (Å²) >= 11 is 6.93. The maximum absolute atomic E-state index is 13.1. The Balaban J connectivity index is 1.40. The molecule has 0 aliphatic carbocycles. The SMILES string of the molecule is COc1cc(/C=C2\SC(=O)N(CCOc3ccccc3Cl)C2=O)ccc1OCc1ccc(F)cc1. The molecule has 180 valence electrons. The van der Waals surface area contributed by atoms with Crippen LogP contribution in [0.2, 0.25) is 5.02 Å². The van der Waals surface area contributed by atoms with Gasteiger partial charge in [-0.1, -0.05) is 41.9 Å². The fraction of sp³-hybridized carbons (Fsp3) is 0.154. The van der Waals surface area contributed by atoms with Crippen molar-refractivity contribution in [1.29, 1.82) is 0 Å². The molecule has 1 saturated heterocycles. The van der Waals surface area contributed by atoms with E-state index in [-0.39, 0.29) is 30.8 Å². The lowest BCUT2D eigenvalue weighted by Gasteiger charge is -2.14. The molecule has 1 heterocycles. The zero-order chi connectivity index (χ0) is 24.8. The van der Waals surface area contributed by atoms with Crippen molar-refractivity contribution in [2.45, 2.75) is 6.61 Å². The van der Waals surface area contributed by atoms with Crippen molar-refractivity contribution in [2.24, 2.45) is 0 Å². The second-order valence-electron chi connectivity index (χ2n) is 7.44. The Bertz CT molecular complexity index is 1260. The molecule has 3 aromatic rings. The Morgan fingerprint density at radius 1 is 0.971 bits per heavy atom. The molecule has 2 amide bonds. The average molecular weight is 514 g/mol. The number of halogens is 2. The highest BCUT2D eigenvalue weighted by atomic mass is 35.5. The smallest absolute Gasteiger partial charge is 0.293 e. The third-order valence-electron chi connectivity index (χ3n) is 5.08. The van der Waals surface area contributed by atoms with E-state index in [1.807, 2.05) is 0 Å². The number of amides is 2. The molecule has 0 unspecified atom stereocenters. The number of thioether (sulfide) groups is 1. The van der Waals surface area contributed by atoms with E-state index >= 15 is 0 Å². The Kier molecular flexibility index (Phi) is 7.94. The molecule has 0 atom stereocenters. The molecule has 6 nitrogen and oxygen atoms in total. The van der Waals surface area contributed by atoms with Gasteiger partial charge in [0.1, 0.15) is 24.8 Å². The highest BCUT2D eigenvalue weighted by Crippen LogP contribution is 2.35. The molecule has 4 rings (SSSR count). The van der Waals surface area contributed by atoms with E-state index in [4.69, 9.17) is 25.8 Å². The number of imide groups is 1. The van der Waals surface area contributed by atoms with Crippen LogP contribution in [0.15, 0.2) is 71.6 Å². The summed E-state index contributed by atoms with van der Waals surface area (Å²) in [7, 11) is 1.51. The van der Waals surface area contributed by atoms with Crippen LogP contribution in [-0.4, -0.2) is 36.3 Å². The molecule has 1 fully saturated rings. The predicted molar refractivity (Wildman–Crippen MR) is 133 cm³/mol. The van der Waals surface area contributed by atoms with Crippen LogP contribution in [0, 0.1) is 5.82 Å². The van der Waals surface area contributed by atoms with Crippen molar-refractivity contribution in [2.75, 3.05) is 20.3 Å². The molecule has 0 spiro atoms. The van der Waals surface area contributed by atoms with Crippen LogP contribution in [0.25, 0.3) is 6.08 Å². The quantitative estimate of drug-likeness (QED) is 0.318. The first kappa shape index (κ1) is 24.6. The third kappa shape index (κ3) is 6.15. The number of para-hydroxylation sites is 1. The van der Waals surface area contributed by atoms with Crippen LogP contribution >= 0.6 is 23.4 Å². The van der Waals surface area contributed by atoms with Crippen LogP contribution in [-0.2, 0) is 11.4 Å². The van der Waals surface area contributed by atoms with Crippen LogP contribution in [0.5, 0.6) is 17.2 Å². The van der Waals surface area contributed by atoms with Crippen LogP contribution in [0.1, 0.15) is 11.1 Å². The summed E-state index contributed by atoms with van der Waals surface area (Å²) in [5.41, 5.74) is 1.48. The Labute approximate surface area is 211 Å². The minimum absolute atomic E-state index is 0.104. The zero-order valence-corrected chi connectivity index (χ0v) is 20.3. The molecule has 0 aromatic heterocycles. The molecule has 35 heavy (non-hydrogen) atoms. The van der Waals surface area contributed by atoms with Crippen molar-refractivity contribution in [3.05, 3.63) is 93.6 Å². The van der Waals surface area contributed by atoms with Gasteiger partial charge in [-0.3, -0.25) is 14.5 Å². The first-order valence-corrected chi connectivity index (χ1v) is 11.8. The van der Waals surface area contributed by atoms with Crippen molar-refractivity contribution in [1.82, 2.24) is 4.90 Å². The monoisotopic (exact) mass is 513 g/mol. The second kappa shape index (κ2) is 11.3. The van der Waals surface area contributed by atoms with Crippen LogP contribution in [0.4, 0.5) is 9.18 Å². The number of hydrogen-bond donors (Lipinski definition) is 0. The minimum atomic E-state index is -0.390. The molecule has 1 aliphatic rings. The molecule has 0 N–H and O–H groups in total. The number of ether oxygens (including phenoxy) is 3. The number of carbonyl (C=O) groups excluding carboxylic acids is 2. The van der Waals surface area contributed by atoms with Gasteiger partial charge in [0.2, 0.25) is 0 Å². The fourth-order valence-electron chi connectivity index (χ4n) is 3.29.